The zero-order valence-electron chi connectivity index (χ0n) is 15.4. The Labute approximate surface area is 141 Å². The first-order valence-corrected chi connectivity index (χ1v) is 8.91. The van der Waals surface area contributed by atoms with Gasteiger partial charge in [-0.2, -0.15) is 0 Å². The van der Waals surface area contributed by atoms with E-state index in [1.54, 1.807) is 4.90 Å². The van der Waals surface area contributed by atoms with Gasteiger partial charge in [-0.25, -0.2) is 4.79 Å². The SMILES string of the molecule is CC(C)(C)OC(=O)N1CCC(CN)CC1.CNC1CCNCC1. The monoisotopic (exact) mass is 328 g/mol. The van der Waals surface area contributed by atoms with E-state index in [4.69, 9.17) is 10.5 Å². The van der Waals surface area contributed by atoms with Gasteiger partial charge in [-0.3, -0.25) is 0 Å². The van der Waals surface area contributed by atoms with Gasteiger partial charge in [0, 0.05) is 19.1 Å². The summed E-state index contributed by atoms with van der Waals surface area (Å²) < 4.78 is 5.30. The Balaban J connectivity index is 0.000000277. The highest BCUT2D eigenvalue weighted by Crippen LogP contribution is 2.18. The molecule has 0 saturated carbocycles. The van der Waals surface area contributed by atoms with Crippen LogP contribution >= 0.6 is 0 Å². The summed E-state index contributed by atoms with van der Waals surface area (Å²) in [6.07, 6.45) is 4.37. The number of nitrogens with zero attached hydrogens (tertiary/aromatic N) is 1. The molecular formula is C17H36N4O2. The van der Waals surface area contributed by atoms with Crippen LogP contribution in [0.5, 0.6) is 0 Å². The summed E-state index contributed by atoms with van der Waals surface area (Å²) >= 11 is 0. The Hall–Kier alpha value is -0.850. The molecule has 6 heteroatoms. The van der Waals surface area contributed by atoms with Crippen LogP contribution in [0.3, 0.4) is 0 Å². The molecule has 1 amide bonds. The number of hydrogen-bond donors (Lipinski definition) is 3. The number of nitrogens with one attached hydrogen (secondary N) is 2. The van der Waals surface area contributed by atoms with E-state index in [9.17, 15) is 4.79 Å². The predicted molar refractivity (Wildman–Crippen MR) is 94.5 cm³/mol. The van der Waals surface area contributed by atoms with E-state index in [1.165, 1.54) is 25.9 Å². The van der Waals surface area contributed by atoms with Gasteiger partial charge in [0.05, 0.1) is 0 Å². The number of piperidine rings is 2. The second-order valence-electron chi connectivity index (χ2n) is 7.46. The van der Waals surface area contributed by atoms with Gasteiger partial charge in [-0.1, -0.05) is 0 Å². The molecule has 0 spiro atoms. The van der Waals surface area contributed by atoms with Crippen LogP contribution in [0.25, 0.3) is 0 Å². The van der Waals surface area contributed by atoms with Gasteiger partial charge in [0.2, 0.25) is 0 Å². The lowest BCUT2D eigenvalue weighted by atomic mass is 9.97. The molecule has 0 aromatic carbocycles. The highest BCUT2D eigenvalue weighted by atomic mass is 16.6. The van der Waals surface area contributed by atoms with E-state index in [0.717, 1.165) is 38.5 Å². The van der Waals surface area contributed by atoms with Crippen LogP contribution < -0.4 is 16.4 Å². The van der Waals surface area contributed by atoms with Crippen molar-refractivity contribution in [3.8, 4) is 0 Å². The summed E-state index contributed by atoms with van der Waals surface area (Å²) in [6, 6.07) is 0.774. The van der Waals surface area contributed by atoms with Crippen molar-refractivity contribution in [2.75, 3.05) is 39.8 Å². The molecule has 2 aliphatic heterocycles. The quantitative estimate of drug-likeness (QED) is 0.717. The minimum Gasteiger partial charge on any atom is -0.444 e. The van der Waals surface area contributed by atoms with E-state index in [1.807, 2.05) is 27.8 Å². The first-order chi connectivity index (χ1) is 10.9. The summed E-state index contributed by atoms with van der Waals surface area (Å²) in [7, 11) is 2.04. The lowest BCUT2D eigenvalue weighted by molar-refractivity contribution is 0.0187. The lowest BCUT2D eigenvalue weighted by Crippen LogP contribution is -2.42. The second-order valence-corrected chi connectivity index (χ2v) is 7.46. The van der Waals surface area contributed by atoms with Crippen molar-refractivity contribution in [2.24, 2.45) is 11.7 Å². The van der Waals surface area contributed by atoms with Crippen LogP contribution in [0.4, 0.5) is 4.79 Å². The van der Waals surface area contributed by atoms with Crippen LogP contribution in [0.2, 0.25) is 0 Å². The molecule has 6 nitrogen and oxygen atoms in total. The second kappa shape index (κ2) is 10.1. The number of ether oxygens (including phenoxy) is 1. The molecular weight excluding hydrogens is 292 g/mol. The molecule has 2 heterocycles. The maximum absolute atomic E-state index is 11.7. The van der Waals surface area contributed by atoms with Crippen molar-refractivity contribution in [3.63, 3.8) is 0 Å². The highest BCUT2D eigenvalue weighted by molar-refractivity contribution is 5.68. The third-order valence-corrected chi connectivity index (χ3v) is 4.35. The first kappa shape index (κ1) is 20.2. The third kappa shape index (κ3) is 8.53. The van der Waals surface area contributed by atoms with Crippen molar-refractivity contribution in [1.82, 2.24) is 15.5 Å². The summed E-state index contributed by atoms with van der Waals surface area (Å²) in [5.41, 5.74) is 5.19. The van der Waals surface area contributed by atoms with Crippen molar-refractivity contribution in [2.45, 2.75) is 58.1 Å². The number of rotatable bonds is 2. The van der Waals surface area contributed by atoms with Crippen LogP contribution in [-0.2, 0) is 4.74 Å². The Morgan fingerprint density at radius 2 is 1.78 bits per heavy atom. The molecule has 136 valence electrons. The number of carbonyl (C=O) groups excluding carboxylic acids is 1. The molecule has 0 unspecified atom stereocenters. The number of amides is 1. The lowest BCUT2D eigenvalue weighted by Gasteiger charge is -2.32. The zero-order chi connectivity index (χ0) is 17.3. The smallest absolute Gasteiger partial charge is 0.410 e. The average molecular weight is 329 g/mol. The maximum Gasteiger partial charge on any atom is 0.410 e. The van der Waals surface area contributed by atoms with Crippen molar-refractivity contribution in [1.29, 1.82) is 0 Å². The maximum atomic E-state index is 11.7. The van der Waals surface area contributed by atoms with Gasteiger partial charge < -0.3 is 26.0 Å². The minimum absolute atomic E-state index is 0.196. The summed E-state index contributed by atoms with van der Waals surface area (Å²) in [5, 5.41) is 6.57. The van der Waals surface area contributed by atoms with E-state index in [2.05, 4.69) is 10.6 Å². The number of nitrogens with two attached hydrogens (primary N) is 1. The molecule has 2 aliphatic rings. The summed E-state index contributed by atoms with van der Waals surface area (Å²) in [6.45, 7) is 10.3. The normalized spacial score (nSPS) is 20.7. The van der Waals surface area contributed by atoms with Crippen molar-refractivity contribution in [3.05, 3.63) is 0 Å². The fraction of sp³-hybridized carbons (Fsp3) is 0.941. The van der Waals surface area contributed by atoms with Crippen molar-refractivity contribution >= 4 is 6.09 Å². The highest BCUT2D eigenvalue weighted by Gasteiger charge is 2.26. The fourth-order valence-electron chi connectivity index (χ4n) is 2.79. The van der Waals surface area contributed by atoms with Gasteiger partial charge in [0.25, 0.3) is 0 Å². The largest absolute Gasteiger partial charge is 0.444 e. The molecule has 23 heavy (non-hydrogen) atoms. The van der Waals surface area contributed by atoms with E-state index in [-0.39, 0.29) is 6.09 Å². The molecule has 0 aromatic rings. The Morgan fingerprint density at radius 3 is 2.17 bits per heavy atom. The predicted octanol–water partition coefficient (Wildman–Crippen LogP) is 1.55. The molecule has 0 aliphatic carbocycles. The summed E-state index contributed by atoms with van der Waals surface area (Å²) in [5.74, 6) is 0.573. The number of likely N-dealkylation sites (tertiary alicyclic amines) is 1. The average Bonchev–Trinajstić information content (AvgIpc) is 2.54. The number of hydrogen-bond acceptors (Lipinski definition) is 5. The van der Waals surface area contributed by atoms with Crippen LogP contribution in [0.15, 0.2) is 0 Å². The molecule has 4 N–H and O–H groups in total. The standard InChI is InChI=1S/C11H22N2O2.C6H14N2/c1-11(2,3)15-10(14)13-6-4-9(8-12)5-7-13;1-7-6-2-4-8-5-3-6/h9H,4-8,12H2,1-3H3;6-8H,2-5H2,1H3. The topological polar surface area (TPSA) is 79.6 Å². The Morgan fingerprint density at radius 1 is 1.22 bits per heavy atom. The van der Waals surface area contributed by atoms with Crippen molar-refractivity contribution < 1.29 is 9.53 Å². The molecule has 0 aromatic heterocycles. The van der Waals surface area contributed by atoms with Gasteiger partial charge in [0.15, 0.2) is 0 Å². The molecule has 2 fully saturated rings. The van der Waals surface area contributed by atoms with Crippen LogP contribution in [0, 0.1) is 5.92 Å². The first-order valence-electron chi connectivity index (χ1n) is 8.91. The zero-order valence-corrected chi connectivity index (χ0v) is 15.4. The molecule has 2 rings (SSSR count). The Kier molecular flexibility index (Phi) is 8.87. The van der Waals surface area contributed by atoms with Gasteiger partial charge in [0.1, 0.15) is 5.60 Å². The fourth-order valence-corrected chi connectivity index (χ4v) is 2.79. The van der Waals surface area contributed by atoms with Gasteiger partial charge >= 0.3 is 6.09 Å². The van der Waals surface area contributed by atoms with Crippen LogP contribution in [0.1, 0.15) is 46.5 Å². The molecule has 0 radical (unpaired) electrons. The molecule has 2 saturated heterocycles. The third-order valence-electron chi connectivity index (χ3n) is 4.35. The van der Waals surface area contributed by atoms with E-state index >= 15 is 0 Å². The van der Waals surface area contributed by atoms with Crippen LogP contribution in [-0.4, -0.2) is 62.4 Å². The van der Waals surface area contributed by atoms with Gasteiger partial charge in [-0.05, 0) is 79.1 Å². The summed E-state index contributed by atoms with van der Waals surface area (Å²) in [4.78, 5) is 13.5. The number of carbonyl (C=O) groups is 1. The molecule has 0 bridgehead atoms. The van der Waals surface area contributed by atoms with E-state index in [0.29, 0.717) is 5.92 Å². The molecule has 0 atom stereocenters. The van der Waals surface area contributed by atoms with Gasteiger partial charge in [-0.15, -0.1) is 0 Å². The van der Waals surface area contributed by atoms with E-state index < -0.39 is 5.60 Å². The Bertz CT molecular complexity index is 330. The minimum atomic E-state index is -0.401.